The fraction of sp³-hybridized carbons (Fsp3) is 0.231. The van der Waals surface area contributed by atoms with E-state index in [0.717, 1.165) is 12.1 Å². The van der Waals surface area contributed by atoms with Gasteiger partial charge in [0.2, 0.25) is 0 Å². The van der Waals surface area contributed by atoms with Crippen LogP contribution < -0.4 is 5.32 Å². The molecule has 1 atom stereocenters. The van der Waals surface area contributed by atoms with E-state index in [-0.39, 0.29) is 5.75 Å². The third-order valence-electron chi connectivity index (χ3n) is 2.66. The molecule has 5 heteroatoms. The van der Waals surface area contributed by atoms with Crippen LogP contribution in [-0.2, 0) is 6.54 Å². The highest BCUT2D eigenvalue weighted by Gasteiger charge is 2.08. The summed E-state index contributed by atoms with van der Waals surface area (Å²) in [5.74, 6) is 0.241. The standard InChI is InChI=1S/C13H13Br2NOS/c1-8(12-3-2-4-18-12)16-7-9-5-10(14)13(17)11(15)6-9/h2-6,8,16-17H,7H2,1H3/t8-/m0/s1. The molecule has 0 aliphatic rings. The molecule has 2 aromatic rings. The second kappa shape index (κ2) is 6.19. The van der Waals surface area contributed by atoms with Gasteiger partial charge in [-0.1, -0.05) is 6.07 Å². The van der Waals surface area contributed by atoms with E-state index in [0.29, 0.717) is 15.0 Å². The van der Waals surface area contributed by atoms with E-state index in [2.05, 4.69) is 61.6 Å². The van der Waals surface area contributed by atoms with Crippen LogP contribution in [0.25, 0.3) is 0 Å². The molecule has 0 saturated carbocycles. The van der Waals surface area contributed by atoms with E-state index in [1.807, 2.05) is 12.1 Å². The monoisotopic (exact) mass is 389 g/mol. The maximum absolute atomic E-state index is 9.65. The lowest BCUT2D eigenvalue weighted by molar-refractivity contribution is 0.468. The van der Waals surface area contributed by atoms with Gasteiger partial charge in [-0.2, -0.15) is 0 Å². The Balaban J connectivity index is 2.02. The van der Waals surface area contributed by atoms with E-state index in [9.17, 15) is 5.11 Å². The molecule has 2 nitrogen and oxygen atoms in total. The topological polar surface area (TPSA) is 32.3 Å². The van der Waals surface area contributed by atoms with Crippen molar-refractivity contribution in [2.75, 3.05) is 0 Å². The Hall–Kier alpha value is -0.360. The molecule has 18 heavy (non-hydrogen) atoms. The quantitative estimate of drug-likeness (QED) is 0.783. The van der Waals surface area contributed by atoms with E-state index >= 15 is 0 Å². The molecule has 0 spiro atoms. The van der Waals surface area contributed by atoms with Gasteiger partial charge in [0.1, 0.15) is 5.75 Å². The van der Waals surface area contributed by atoms with Gasteiger partial charge >= 0.3 is 0 Å². The van der Waals surface area contributed by atoms with Gasteiger partial charge in [-0.05, 0) is 67.9 Å². The van der Waals surface area contributed by atoms with Crippen molar-refractivity contribution in [3.8, 4) is 5.75 Å². The number of aromatic hydroxyl groups is 1. The first-order chi connectivity index (χ1) is 8.58. The number of rotatable bonds is 4. The smallest absolute Gasteiger partial charge is 0.143 e. The van der Waals surface area contributed by atoms with Crippen LogP contribution in [0, 0.1) is 0 Å². The van der Waals surface area contributed by atoms with Gasteiger partial charge in [0.15, 0.2) is 0 Å². The second-order valence-corrected chi connectivity index (χ2v) is 6.71. The van der Waals surface area contributed by atoms with Crippen molar-refractivity contribution >= 4 is 43.2 Å². The predicted molar refractivity (Wildman–Crippen MR) is 83.1 cm³/mol. The molecule has 0 radical (unpaired) electrons. The zero-order valence-electron chi connectivity index (χ0n) is 9.78. The lowest BCUT2D eigenvalue weighted by Gasteiger charge is -2.13. The summed E-state index contributed by atoms with van der Waals surface area (Å²) < 4.78 is 1.41. The average molecular weight is 391 g/mol. The molecule has 0 saturated heterocycles. The van der Waals surface area contributed by atoms with Crippen molar-refractivity contribution in [1.82, 2.24) is 5.32 Å². The fourth-order valence-corrected chi connectivity index (χ4v) is 3.67. The lowest BCUT2D eigenvalue weighted by atomic mass is 10.2. The van der Waals surface area contributed by atoms with Crippen LogP contribution in [0.15, 0.2) is 38.6 Å². The minimum absolute atomic E-state index is 0.241. The van der Waals surface area contributed by atoms with Gasteiger partial charge in [0, 0.05) is 17.5 Å². The summed E-state index contributed by atoms with van der Waals surface area (Å²) in [5, 5.41) is 15.2. The van der Waals surface area contributed by atoms with Crippen molar-refractivity contribution in [3.05, 3.63) is 49.0 Å². The van der Waals surface area contributed by atoms with Crippen LogP contribution in [0.5, 0.6) is 5.75 Å². The van der Waals surface area contributed by atoms with E-state index < -0.39 is 0 Å². The first kappa shape index (κ1) is 14.1. The molecule has 0 bridgehead atoms. The molecule has 1 aromatic heterocycles. The summed E-state index contributed by atoms with van der Waals surface area (Å²) >= 11 is 8.43. The first-order valence-electron chi connectivity index (χ1n) is 5.51. The largest absolute Gasteiger partial charge is 0.506 e. The zero-order valence-corrected chi connectivity index (χ0v) is 13.8. The number of thiophene rings is 1. The first-order valence-corrected chi connectivity index (χ1v) is 7.98. The summed E-state index contributed by atoms with van der Waals surface area (Å²) in [5.41, 5.74) is 1.12. The fourth-order valence-electron chi connectivity index (χ4n) is 1.63. The summed E-state index contributed by atoms with van der Waals surface area (Å²) in [6.45, 7) is 2.91. The van der Waals surface area contributed by atoms with Gasteiger partial charge < -0.3 is 10.4 Å². The molecule has 1 aromatic carbocycles. The van der Waals surface area contributed by atoms with Gasteiger partial charge in [0.25, 0.3) is 0 Å². The van der Waals surface area contributed by atoms with Crippen LogP contribution in [0.4, 0.5) is 0 Å². The molecule has 1 heterocycles. The zero-order chi connectivity index (χ0) is 13.1. The molecule has 2 N–H and O–H groups in total. The van der Waals surface area contributed by atoms with E-state index in [4.69, 9.17) is 0 Å². The summed E-state index contributed by atoms with van der Waals surface area (Å²) in [6.07, 6.45) is 0. The minimum Gasteiger partial charge on any atom is -0.506 e. The number of phenolic OH excluding ortho intramolecular Hbond substituents is 1. The number of nitrogens with one attached hydrogen (secondary N) is 1. The van der Waals surface area contributed by atoms with Crippen LogP contribution in [0.3, 0.4) is 0 Å². The molecule has 0 fully saturated rings. The molecule has 96 valence electrons. The molecule has 0 unspecified atom stereocenters. The van der Waals surface area contributed by atoms with Gasteiger partial charge in [-0.25, -0.2) is 0 Å². The third kappa shape index (κ3) is 3.35. The van der Waals surface area contributed by atoms with Gasteiger partial charge in [0.05, 0.1) is 8.95 Å². The Morgan fingerprint density at radius 2 is 2.00 bits per heavy atom. The van der Waals surface area contributed by atoms with Gasteiger partial charge in [-0.15, -0.1) is 11.3 Å². The predicted octanol–water partition coefficient (Wildman–Crippen LogP) is 4.83. The highest BCUT2D eigenvalue weighted by atomic mass is 79.9. The number of hydrogen-bond acceptors (Lipinski definition) is 3. The second-order valence-electron chi connectivity index (χ2n) is 4.03. The van der Waals surface area contributed by atoms with Crippen LogP contribution in [0.2, 0.25) is 0 Å². The SMILES string of the molecule is C[C@H](NCc1cc(Br)c(O)c(Br)c1)c1cccs1. The minimum atomic E-state index is 0.241. The Bertz CT molecular complexity index is 505. The molecule has 0 amide bonds. The van der Waals surface area contributed by atoms with Crippen molar-refractivity contribution in [2.45, 2.75) is 19.5 Å². The number of benzene rings is 1. The highest BCUT2D eigenvalue weighted by Crippen LogP contribution is 2.33. The molecule has 0 aliphatic carbocycles. The Morgan fingerprint density at radius 1 is 1.33 bits per heavy atom. The number of phenols is 1. The third-order valence-corrected chi connectivity index (χ3v) is 4.92. The summed E-state index contributed by atoms with van der Waals surface area (Å²) in [4.78, 5) is 1.33. The molecule has 0 aliphatic heterocycles. The number of hydrogen-bond donors (Lipinski definition) is 2. The average Bonchev–Trinajstić information content (AvgIpc) is 2.86. The Morgan fingerprint density at radius 3 is 2.56 bits per heavy atom. The Labute approximate surface area is 127 Å². The van der Waals surface area contributed by atoms with Crippen molar-refractivity contribution in [3.63, 3.8) is 0 Å². The normalized spacial score (nSPS) is 12.6. The van der Waals surface area contributed by atoms with Crippen molar-refractivity contribution in [2.24, 2.45) is 0 Å². The summed E-state index contributed by atoms with van der Waals surface area (Å²) in [6, 6.07) is 8.37. The number of halogens is 2. The highest BCUT2D eigenvalue weighted by molar-refractivity contribution is 9.11. The summed E-state index contributed by atoms with van der Waals surface area (Å²) in [7, 11) is 0. The van der Waals surface area contributed by atoms with Crippen LogP contribution in [0.1, 0.15) is 23.4 Å². The van der Waals surface area contributed by atoms with Gasteiger partial charge in [-0.3, -0.25) is 0 Å². The molecular weight excluding hydrogens is 378 g/mol. The van der Waals surface area contributed by atoms with Crippen LogP contribution in [-0.4, -0.2) is 5.11 Å². The lowest BCUT2D eigenvalue weighted by Crippen LogP contribution is -2.17. The van der Waals surface area contributed by atoms with Crippen LogP contribution >= 0.6 is 43.2 Å². The van der Waals surface area contributed by atoms with Crippen molar-refractivity contribution < 1.29 is 5.11 Å². The van der Waals surface area contributed by atoms with E-state index in [1.165, 1.54) is 4.88 Å². The Kier molecular flexibility index (Phi) is 4.84. The maximum Gasteiger partial charge on any atom is 0.143 e. The van der Waals surface area contributed by atoms with E-state index in [1.54, 1.807) is 11.3 Å². The maximum atomic E-state index is 9.65. The molecule has 2 rings (SSSR count). The molecular formula is C13H13Br2NOS. The van der Waals surface area contributed by atoms with Crippen molar-refractivity contribution in [1.29, 1.82) is 0 Å².